The molecule has 154 valence electrons. The minimum atomic E-state index is -0.639. The molecule has 1 aromatic rings. The van der Waals surface area contributed by atoms with Crippen LogP contribution in [-0.2, 0) is 25.4 Å². The van der Waals surface area contributed by atoms with Crippen LogP contribution in [0, 0.1) is 5.92 Å². The van der Waals surface area contributed by atoms with Gasteiger partial charge in [-0.15, -0.1) is 0 Å². The highest BCUT2D eigenvalue weighted by atomic mass is 16.6. The van der Waals surface area contributed by atoms with Crippen molar-refractivity contribution in [1.82, 2.24) is 10.0 Å². The first-order valence-electron chi connectivity index (χ1n) is 9.61. The number of rotatable bonds is 7. The smallest absolute Gasteiger partial charge is 0.429 e. The fourth-order valence-electron chi connectivity index (χ4n) is 3.34. The second kappa shape index (κ2) is 10.5. The molecule has 0 radical (unpaired) electrons. The first-order chi connectivity index (χ1) is 13.5. The molecule has 8 nitrogen and oxygen atoms in total. The molecule has 1 heterocycles. The first-order valence-corrected chi connectivity index (χ1v) is 9.61. The Hall–Kier alpha value is -2.77. The summed E-state index contributed by atoms with van der Waals surface area (Å²) in [4.78, 5) is 37.2. The number of hydrazine groups is 1. The van der Waals surface area contributed by atoms with E-state index in [0.717, 1.165) is 5.56 Å². The van der Waals surface area contributed by atoms with Gasteiger partial charge in [-0.25, -0.2) is 19.6 Å². The molecule has 2 rings (SSSR count). The topological polar surface area (TPSA) is 85.4 Å². The van der Waals surface area contributed by atoms with E-state index in [1.807, 2.05) is 30.3 Å². The number of hydrogen-bond acceptors (Lipinski definition) is 6. The molecule has 0 spiro atoms. The summed E-state index contributed by atoms with van der Waals surface area (Å²) in [6.07, 6.45) is -0.709. The average molecular weight is 392 g/mol. The van der Waals surface area contributed by atoms with Crippen molar-refractivity contribution in [2.45, 2.75) is 39.7 Å². The minimum absolute atomic E-state index is 0.0944. The van der Waals surface area contributed by atoms with Gasteiger partial charge in [0.25, 0.3) is 0 Å². The monoisotopic (exact) mass is 392 g/mol. The van der Waals surface area contributed by atoms with Crippen LogP contribution in [0.3, 0.4) is 0 Å². The Bertz CT molecular complexity index is 666. The van der Waals surface area contributed by atoms with Gasteiger partial charge in [0.05, 0.1) is 38.8 Å². The number of carbonyl (C=O) groups excluding carboxylic acids is 3. The number of carbonyl (C=O) groups is 3. The van der Waals surface area contributed by atoms with Crippen LogP contribution in [0.1, 0.15) is 32.8 Å². The van der Waals surface area contributed by atoms with Gasteiger partial charge in [-0.1, -0.05) is 30.3 Å². The highest BCUT2D eigenvalue weighted by molar-refractivity contribution is 5.76. The van der Waals surface area contributed by atoms with Crippen molar-refractivity contribution in [1.29, 1.82) is 0 Å². The largest absolute Gasteiger partial charge is 0.466 e. The normalized spacial score (nSPS) is 18.7. The Morgan fingerprint density at radius 2 is 1.54 bits per heavy atom. The molecule has 1 saturated heterocycles. The van der Waals surface area contributed by atoms with Crippen LogP contribution in [-0.4, -0.2) is 60.6 Å². The van der Waals surface area contributed by atoms with E-state index in [0.29, 0.717) is 6.42 Å². The Labute approximate surface area is 165 Å². The van der Waals surface area contributed by atoms with E-state index in [9.17, 15) is 14.4 Å². The van der Waals surface area contributed by atoms with Crippen molar-refractivity contribution >= 4 is 18.2 Å². The lowest BCUT2D eigenvalue weighted by atomic mass is 9.92. The van der Waals surface area contributed by atoms with Gasteiger partial charge in [-0.3, -0.25) is 4.79 Å². The molecule has 1 aliphatic rings. The number of amides is 2. The van der Waals surface area contributed by atoms with Gasteiger partial charge >= 0.3 is 18.2 Å². The third-order valence-corrected chi connectivity index (χ3v) is 4.48. The summed E-state index contributed by atoms with van der Waals surface area (Å²) in [6.45, 7) is 5.94. The van der Waals surface area contributed by atoms with E-state index < -0.39 is 18.2 Å². The SMILES string of the molecule is CCOC(=O)C[C@H]1CN(C(=O)OCC)N(C(=O)OCC)[C@@H]1Cc1ccccc1. The Kier molecular flexibility index (Phi) is 8.10. The fraction of sp³-hybridized carbons (Fsp3) is 0.550. The van der Waals surface area contributed by atoms with Crippen LogP contribution in [0.2, 0.25) is 0 Å². The first kappa shape index (κ1) is 21.5. The summed E-state index contributed by atoms with van der Waals surface area (Å²) in [5.74, 6) is -0.659. The molecule has 0 N–H and O–H groups in total. The maximum atomic E-state index is 12.7. The van der Waals surface area contributed by atoms with Crippen molar-refractivity contribution in [3.05, 3.63) is 35.9 Å². The van der Waals surface area contributed by atoms with Gasteiger partial charge in [-0.2, -0.15) is 0 Å². The third kappa shape index (κ3) is 5.37. The maximum absolute atomic E-state index is 12.7. The minimum Gasteiger partial charge on any atom is -0.466 e. The summed E-state index contributed by atoms with van der Waals surface area (Å²) in [5.41, 5.74) is 0.987. The lowest BCUT2D eigenvalue weighted by Gasteiger charge is -2.31. The van der Waals surface area contributed by atoms with Gasteiger partial charge in [0, 0.05) is 5.92 Å². The second-order valence-electron chi connectivity index (χ2n) is 6.35. The number of benzene rings is 1. The van der Waals surface area contributed by atoms with Crippen LogP contribution in [0.4, 0.5) is 9.59 Å². The second-order valence-corrected chi connectivity index (χ2v) is 6.35. The molecular formula is C20H28N2O6. The van der Waals surface area contributed by atoms with Crippen molar-refractivity contribution in [3.63, 3.8) is 0 Å². The molecule has 0 bridgehead atoms. The van der Waals surface area contributed by atoms with E-state index in [1.165, 1.54) is 10.0 Å². The molecule has 1 aliphatic heterocycles. The van der Waals surface area contributed by atoms with Crippen LogP contribution in [0.5, 0.6) is 0 Å². The van der Waals surface area contributed by atoms with Crippen LogP contribution in [0.25, 0.3) is 0 Å². The third-order valence-electron chi connectivity index (χ3n) is 4.48. The molecule has 2 amide bonds. The van der Waals surface area contributed by atoms with Gasteiger partial charge < -0.3 is 14.2 Å². The van der Waals surface area contributed by atoms with Gasteiger partial charge in [-0.05, 0) is 32.8 Å². The molecule has 28 heavy (non-hydrogen) atoms. The zero-order chi connectivity index (χ0) is 20.5. The standard InChI is InChI=1S/C20H28N2O6/c1-4-26-18(23)13-16-14-21(19(24)27-5-2)22(20(25)28-6-3)17(16)12-15-10-8-7-9-11-15/h7-11,16-17H,4-6,12-14H2,1-3H3/t16-,17+/m0/s1. The molecule has 1 fully saturated rings. The zero-order valence-electron chi connectivity index (χ0n) is 16.6. The molecule has 8 heteroatoms. The molecule has 0 aromatic heterocycles. The van der Waals surface area contributed by atoms with Crippen LogP contribution in [0.15, 0.2) is 30.3 Å². The number of esters is 1. The number of ether oxygens (including phenoxy) is 3. The van der Waals surface area contributed by atoms with E-state index >= 15 is 0 Å². The summed E-state index contributed by atoms with van der Waals surface area (Å²) < 4.78 is 15.4. The van der Waals surface area contributed by atoms with Crippen molar-refractivity contribution in [3.8, 4) is 0 Å². The highest BCUT2D eigenvalue weighted by Gasteiger charge is 2.47. The maximum Gasteiger partial charge on any atom is 0.429 e. The van der Waals surface area contributed by atoms with Gasteiger partial charge in [0.15, 0.2) is 0 Å². The van der Waals surface area contributed by atoms with Gasteiger partial charge in [0.2, 0.25) is 0 Å². The van der Waals surface area contributed by atoms with E-state index in [1.54, 1.807) is 20.8 Å². The van der Waals surface area contributed by atoms with E-state index in [-0.39, 0.29) is 44.7 Å². The molecule has 1 aromatic carbocycles. The number of hydrogen-bond donors (Lipinski definition) is 0. The Morgan fingerprint density at radius 3 is 2.14 bits per heavy atom. The average Bonchev–Trinajstić information content (AvgIpc) is 3.01. The Morgan fingerprint density at radius 1 is 0.929 bits per heavy atom. The summed E-state index contributed by atoms with van der Waals surface area (Å²) in [5, 5.41) is 2.53. The molecular weight excluding hydrogens is 364 g/mol. The van der Waals surface area contributed by atoms with Gasteiger partial charge in [0.1, 0.15) is 0 Å². The summed E-state index contributed by atoms with van der Waals surface area (Å²) in [7, 11) is 0. The zero-order valence-corrected chi connectivity index (χ0v) is 16.6. The van der Waals surface area contributed by atoms with Crippen molar-refractivity contribution in [2.24, 2.45) is 5.92 Å². The predicted octanol–water partition coefficient (Wildman–Crippen LogP) is 3.01. The van der Waals surface area contributed by atoms with Crippen molar-refractivity contribution in [2.75, 3.05) is 26.4 Å². The van der Waals surface area contributed by atoms with Crippen LogP contribution < -0.4 is 0 Å². The van der Waals surface area contributed by atoms with Crippen molar-refractivity contribution < 1.29 is 28.6 Å². The molecule has 0 saturated carbocycles. The number of nitrogens with zero attached hydrogens (tertiary/aromatic N) is 2. The lowest BCUT2D eigenvalue weighted by molar-refractivity contribution is -0.144. The summed E-state index contributed by atoms with van der Waals surface area (Å²) >= 11 is 0. The predicted molar refractivity (Wildman–Crippen MR) is 101 cm³/mol. The fourth-order valence-corrected chi connectivity index (χ4v) is 3.34. The summed E-state index contributed by atoms with van der Waals surface area (Å²) in [6, 6.07) is 9.17. The molecule has 0 unspecified atom stereocenters. The quantitative estimate of drug-likeness (QED) is 0.524. The highest BCUT2D eigenvalue weighted by Crippen LogP contribution is 2.31. The molecule has 2 atom stereocenters. The Balaban J connectivity index is 2.33. The lowest BCUT2D eigenvalue weighted by Crippen LogP contribution is -2.49. The van der Waals surface area contributed by atoms with E-state index in [2.05, 4.69) is 0 Å². The van der Waals surface area contributed by atoms with E-state index in [4.69, 9.17) is 14.2 Å². The molecule has 0 aliphatic carbocycles. The van der Waals surface area contributed by atoms with Crippen LogP contribution >= 0.6 is 0 Å².